The van der Waals surface area contributed by atoms with Crippen molar-refractivity contribution in [1.29, 1.82) is 0 Å². The molecule has 2 aliphatic heterocycles. The molecule has 0 radical (unpaired) electrons. The number of rotatable bonds is 5. The summed E-state index contributed by atoms with van der Waals surface area (Å²) in [7, 11) is 0. The van der Waals surface area contributed by atoms with Gasteiger partial charge in [0, 0.05) is 13.1 Å². The topological polar surface area (TPSA) is 49.9 Å². The molecule has 2 heterocycles. The van der Waals surface area contributed by atoms with Crippen LogP contribution in [0.1, 0.15) is 32.8 Å². The van der Waals surface area contributed by atoms with Crippen LogP contribution in [0.4, 0.5) is 5.69 Å². The second-order valence-corrected chi connectivity index (χ2v) is 8.31. The average molecular weight is 405 g/mol. The number of hydrogen-bond donors (Lipinski definition) is 0. The Labute approximate surface area is 177 Å². The minimum Gasteiger partial charge on any atom is -0.494 e. The van der Waals surface area contributed by atoms with Gasteiger partial charge >= 0.3 is 0 Å². The zero-order valence-electron chi connectivity index (χ0n) is 17.8. The third-order valence-electron chi connectivity index (χ3n) is 5.71. The average Bonchev–Trinajstić information content (AvgIpc) is 2.99. The lowest BCUT2D eigenvalue weighted by Gasteiger charge is -2.37. The van der Waals surface area contributed by atoms with Crippen LogP contribution in [0.5, 0.6) is 5.75 Å². The van der Waals surface area contributed by atoms with Crippen molar-refractivity contribution in [3.8, 4) is 5.75 Å². The van der Waals surface area contributed by atoms with Gasteiger partial charge in [-0.05, 0) is 55.0 Å². The molecule has 0 aliphatic carbocycles. The Morgan fingerprint density at radius 1 is 0.900 bits per heavy atom. The molecule has 2 aromatic carbocycles. The van der Waals surface area contributed by atoms with Crippen LogP contribution < -0.4 is 9.64 Å². The quantitative estimate of drug-likeness (QED) is 0.696. The summed E-state index contributed by atoms with van der Waals surface area (Å²) in [5.74, 6) is 1.15. The number of carbonyl (C=O) groups is 2. The van der Waals surface area contributed by atoms with Gasteiger partial charge in [0.25, 0.3) is 11.8 Å². The molecule has 0 saturated carbocycles. The number of amides is 2. The molecule has 0 aromatic heterocycles. The fraction of sp³-hybridized carbons (Fsp3) is 0.360. The van der Waals surface area contributed by atoms with E-state index < -0.39 is 0 Å². The number of ether oxygens (including phenoxy) is 1. The zero-order chi connectivity index (χ0) is 21.3. The Kier molecular flexibility index (Phi) is 5.62. The maximum atomic E-state index is 13.6. The van der Waals surface area contributed by atoms with Crippen LogP contribution in [0.25, 0.3) is 5.57 Å². The van der Waals surface area contributed by atoms with E-state index >= 15 is 0 Å². The van der Waals surface area contributed by atoms with Gasteiger partial charge in [0.05, 0.1) is 17.9 Å². The van der Waals surface area contributed by atoms with Crippen molar-refractivity contribution in [3.63, 3.8) is 0 Å². The number of anilines is 1. The van der Waals surface area contributed by atoms with E-state index in [2.05, 4.69) is 18.7 Å². The highest BCUT2D eigenvalue weighted by molar-refractivity contribution is 6.45. The molecule has 156 valence electrons. The monoisotopic (exact) mass is 404 g/mol. The van der Waals surface area contributed by atoms with Crippen molar-refractivity contribution < 1.29 is 14.3 Å². The van der Waals surface area contributed by atoms with Crippen molar-refractivity contribution in [1.82, 2.24) is 4.90 Å². The SMILES string of the molecule is CCOc1ccc(N2C(=O)C(c3ccccc3)=C(N3CC(C)CC(C)C3)C2=O)cc1. The van der Waals surface area contributed by atoms with Crippen LogP contribution in [-0.2, 0) is 9.59 Å². The Balaban J connectivity index is 1.76. The smallest absolute Gasteiger partial charge is 0.282 e. The van der Waals surface area contributed by atoms with Crippen LogP contribution in [0.15, 0.2) is 60.3 Å². The third kappa shape index (κ3) is 3.72. The summed E-state index contributed by atoms with van der Waals surface area (Å²) in [6, 6.07) is 16.7. The molecule has 5 nitrogen and oxygen atoms in total. The predicted molar refractivity (Wildman–Crippen MR) is 118 cm³/mol. The highest BCUT2D eigenvalue weighted by Crippen LogP contribution is 2.37. The van der Waals surface area contributed by atoms with E-state index in [1.54, 1.807) is 24.3 Å². The summed E-state index contributed by atoms with van der Waals surface area (Å²) in [4.78, 5) is 30.6. The van der Waals surface area contributed by atoms with Gasteiger partial charge < -0.3 is 9.64 Å². The molecule has 2 atom stereocenters. The van der Waals surface area contributed by atoms with Crippen LogP contribution >= 0.6 is 0 Å². The fourth-order valence-corrected chi connectivity index (χ4v) is 4.61. The van der Waals surface area contributed by atoms with Gasteiger partial charge in [-0.25, -0.2) is 4.90 Å². The molecule has 0 bridgehead atoms. The molecule has 0 N–H and O–H groups in total. The maximum absolute atomic E-state index is 13.6. The van der Waals surface area contributed by atoms with Gasteiger partial charge in [-0.3, -0.25) is 9.59 Å². The van der Waals surface area contributed by atoms with Gasteiger partial charge in [-0.1, -0.05) is 44.2 Å². The molecule has 2 aromatic rings. The Morgan fingerprint density at radius 2 is 1.53 bits per heavy atom. The van der Waals surface area contributed by atoms with Crippen molar-refractivity contribution >= 4 is 23.1 Å². The summed E-state index contributed by atoms with van der Waals surface area (Å²) in [6.45, 7) is 8.46. The van der Waals surface area contributed by atoms with Gasteiger partial charge in [-0.2, -0.15) is 0 Å². The summed E-state index contributed by atoms with van der Waals surface area (Å²) < 4.78 is 5.50. The van der Waals surface area contributed by atoms with Crippen molar-refractivity contribution in [2.24, 2.45) is 11.8 Å². The van der Waals surface area contributed by atoms with Gasteiger partial charge in [0.1, 0.15) is 11.4 Å². The number of carbonyl (C=O) groups excluding carboxylic acids is 2. The molecule has 2 amide bonds. The largest absolute Gasteiger partial charge is 0.494 e. The number of imide groups is 1. The van der Waals surface area contributed by atoms with E-state index in [1.165, 1.54) is 4.90 Å². The standard InChI is InChI=1S/C25H28N2O3/c1-4-30-21-12-10-20(11-13-21)27-24(28)22(19-8-6-5-7-9-19)23(25(27)29)26-15-17(2)14-18(3)16-26/h5-13,17-18H,4,14-16H2,1-3H3. The van der Waals surface area contributed by atoms with E-state index in [-0.39, 0.29) is 11.8 Å². The number of piperidine rings is 1. The molecule has 1 fully saturated rings. The van der Waals surface area contributed by atoms with Gasteiger partial charge in [-0.15, -0.1) is 0 Å². The Hall–Kier alpha value is -3.08. The molecule has 1 saturated heterocycles. The van der Waals surface area contributed by atoms with E-state index in [0.717, 1.165) is 30.8 Å². The lowest BCUT2D eigenvalue weighted by Crippen LogP contribution is -2.42. The third-order valence-corrected chi connectivity index (χ3v) is 5.71. The van der Waals surface area contributed by atoms with E-state index in [0.29, 0.717) is 35.4 Å². The van der Waals surface area contributed by atoms with E-state index in [1.807, 2.05) is 37.3 Å². The molecule has 2 aliphatic rings. The first-order valence-corrected chi connectivity index (χ1v) is 10.7. The number of nitrogens with zero attached hydrogens (tertiary/aromatic N) is 2. The lowest BCUT2D eigenvalue weighted by molar-refractivity contribution is -0.120. The maximum Gasteiger partial charge on any atom is 0.282 e. The Morgan fingerprint density at radius 3 is 2.13 bits per heavy atom. The fourth-order valence-electron chi connectivity index (χ4n) is 4.61. The van der Waals surface area contributed by atoms with E-state index in [9.17, 15) is 9.59 Å². The summed E-state index contributed by atoms with van der Waals surface area (Å²) >= 11 is 0. The molecule has 0 spiro atoms. The highest BCUT2D eigenvalue weighted by atomic mass is 16.5. The minimum atomic E-state index is -0.267. The molecule has 5 heteroatoms. The first kappa shape index (κ1) is 20.2. The van der Waals surface area contributed by atoms with Crippen LogP contribution in [0.2, 0.25) is 0 Å². The first-order chi connectivity index (χ1) is 14.5. The molecular formula is C25H28N2O3. The van der Waals surface area contributed by atoms with Gasteiger partial charge in [0.2, 0.25) is 0 Å². The Bertz CT molecular complexity index is 956. The minimum absolute atomic E-state index is 0.246. The molecule has 4 rings (SSSR count). The summed E-state index contributed by atoms with van der Waals surface area (Å²) in [5.41, 5.74) is 2.37. The lowest BCUT2D eigenvalue weighted by atomic mass is 9.91. The highest BCUT2D eigenvalue weighted by Gasteiger charge is 2.43. The first-order valence-electron chi connectivity index (χ1n) is 10.7. The zero-order valence-corrected chi connectivity index (χ0v) is 17.8. The summed E-state index contributed by atoms with van der Waals surface area (Å²) in [6.07, 6.45) is 1.13. The second-order valence-electron chi connectivity index (χ2n) is 8.31. The molecule has 2 unspecified atom stereocenters. The number of likely N-dealkylation sites (tertiary alicyclic amines) is 1. The number of benzene rings is 2. The molecule has 30 heavy (non-hydrogen) atoms. The van der Waals surface area contributed by atoms with Crippen molar-refractivity contribution in [2.45, 2.75) is 27.2 Å². The van der Waals surface area contributed by atoms with Crippen LogP contribution in [0, 0.1) is 11.8 Å². The van der Waals surface area contributed by atoms with Gasteiger partial charge in [0.15, 0.2) is 0 Å². The van der Waals surface area contributed by atoms with Crippen LogP contribution in [-0.4, -0.2) is 36.4 Å². The van der Waals surface area contributed by atoms with E-state index in [4.69, 9.17) is 4.74 Å². The van der Waals surface area contributed by atoms with Crippen molar-refractivity contribution in [3.05, 3.63) is 65.9 Å². The van der Waals surface area contributed by atoms with Crippen LogP contribution in [0.3, 0.4) is 0 Å². The molecular weight excluding hydrogens is 376 g/mol. The normalized spacial score (nSPS) is 22.1. The summed E-state index contributed by atoms with van der Waals surface area (Å²) in [5, 5.41) is 0. The second kappa shape index (κ2) is 8.34. The van der Waals surface area contributed by atoms with Crippen molar-refractivity contribution in [2.75, 3.05) is 24.6 Å². The predicted octanol–water partition coefficient (Wildman–Crippen LogP) is 4.35. The number of hydrogen-bond acceptors (Lipinski definition) is 4.